The van der Waals surface area contributed by atoms with Crippen molar-refractivity contribution in [2.75, 3.05) is 44.7 Å². The molecule has 46 heavy (non-hydrogen) atoms. The number of carbonyl (C=O) groups is 1. The summed E-state index contributed by atoms with van der Waals surface area (Å²) >= 11 is 0. The number of nitrogens with one attached hydrogen (secondary N) is 1. The van der Waals surface area contributed by atoms with Crippen molar-refractivity contribution in [1.29, 1.82) is 0 Å². The van der Waals surface area contributed by atoms with Gasteiger partial charge >= 0.3 is 6.09 Å². The van der Waals surface area contributed by atoms with Crippen molar-refractivity contribution < 1.29 is 14.3 Å². The van der Waals surface area contributed by atoms with E-state index < -0.39 is 11.7 Å². The predicted molar refractivity (Wildman–Crippen MR) is 183 cm³/mol. The summed E-state index contributed by atoms with van der Waals surface area (Å²) < 4.78 is 11.8. The molecule has 0 atom stereocenters. The van der Waals surface area contributed by atoms with Crippen molar-refractivity contribution >= 4 is 22.8 Å². The van der Waals surface area contributed by atoms with Crippen molar-refractivity contribution in [1.82, 2.24) is 15.2 Å². The van der Waals surface area contributed by atoms with Gasteiger partial charge in [0.05, 0.1) is 12.6 Å². The largest absolute Gasteiger partial charge is 0.497 e. The van der Waals surface area contributed by atoms with E-state index in [-0.39, 0.29) is 0 Å². The maximum Gasteiger partial charge on any atom is 0.408 e. The summed E-state index contributed by atoms with van der Waals surface area (Å²) in [5.41, 5.74) is 5.59. The summed E-state index contributed by atoms with van der Waals surface area (Å²) in [7, 11) is 1.65. The fourth-order valence-electron chi connectivity index (χ4n) is 6.97. The Balaban J connectivity index is 1.00. The van der Waals surface area contributed by atoms with E-state index in [1.54, 1.807) is 7.11 Å². The number of para-hydroxylation sites is 1. The second-order valence-corrected chi connectivity index (χ2v) is 12.2. The van der Waals surface area contributed by atoms with Crippen molar-refractivity contribution in [2.45, 2.75) is 31.4 Å². The normalized spacial score (nSPS) is 15.3. The van der Waals surface area contributed by atoms with E-state index in [0.717, 1.165) is 96.9 Å². The lowest BCUT2D eigenvalue weighted by Gasteiger charge is -2.36. The first kappa shape index (κ1) is 29.8. The molecule has 1 saturated heterocycles. The van der Waals surface area contributed by atoms with Gasteiger partial charge in [-0.2, -0.15) is 0 Å². The third-order valence-electron chi connectivity index (χ3n) is 9.41. The van der Waals surface area contributed by atoms with E-state index in [4.69, 9.17) is 14.5 Å². The second kappa shape index (κ2) is 13.2. The highest BCUT2D eigenvalue weighted by Crippen LogP contribution is 2.52. The van der Waals surface area contributed by atoms with Gasteiger partial charge in [0.25, 0.3) is 0 Å². The molecule has 234 valence electrons. The van der Waals surface area contributed by atoms with E-state index in [9.17, 15) is 4.79 Å². The third kappa shape index (κ3) is 6.03. The number of hydrogen-bond donors (Lipinski definition) is 1. The van der Waals surface area contributed by atoms with Gasteiger partial charge in [-0.1, -0.05) is 78.9 Å². The van der Waals surface area contributed by atoms with Crippen LogP contribution >= 0.6 is 0 Å². The van der Waals surface area contributed by atoms with Gasteiger partial charge in [-0.3, -0.25) is 4.90 Å². The summed E-state index contributed by atoms with van der Waals surface area (Å²) in [4.78, 5) is 23.3. The highest BCUT2D eigenvalue weighted by Gasteiger charge is 2.46. The number of pyridine rings is 1. The average Bonchev–Trinajstić information content (AvgIpc) is 3.39. The van der Waals surface area contributed by atoms with Gasteiger partial charge in [-0.15, -0.1) is 0 Å². The Hall–Kier alpha value is -4.88. The molecular formula is C39H40N4O3. The van der Waals surface area contributed by atoms with Crippen LogP contribution in [0.2, 0.25) is 0 Å². The second-order valence-electron chi connectivity index (χ2n) is 12.2. The SMILES string of the molecule is COc1ccc(CNC(=O)OC2(CCCCN3CCN(c4ccc5ccccc5n4)CC3)c3ccccc3-c3ccccc32)cc1. The fraction of sp³-hybridized carbons (Fsp3) is 0.282. The molecule has 0 bridgehead atoms. The fourth-order valence-corrected chi connectivity index (χ4v) is 6.97. The van der Waals surface area contributed by atoms with Crippen LogP contribution in [-0.2, 0) is 16.9 Å². The quantitative estimate of drug-likeness (QED) is 0.166. The number of amides is 1. The number of fused-ring (bicyclic) bond motifs is 4. The van der Waals surface area contributed by atoms with Crippen LogP contribution in [0.25, 0.3) is 22.0 Å². The first-order valence-corrected chi connectivity index (χ1v) is 16.3. The summed E-state index contributed by atoms with van der Waals surface area (Å²) in [5, 5.41) is 4.17. The lowest BCUT2D eigenvalue weighted by molar-refractivity contribution is 0.0325. The molecule has 0 saturated carbocycles. The molecule has 0 radical (unpaired) electrons. The van der Waals surface area contributed by atoms with E-state index in [0.29, 0.717) is 6.54 Å². The molecule has 5 aromatic rings. The Morgan fingerprint density at radius 3 is 2.17 bits per heavy atom. The van der Waals surface area contributed by atoms with E-state index in [2.05, 4.69) is 81.8 Å². The molecular weight excluding hydrogens is 572 g/mol. The zero-order valence-electron chi connectivity index (χ0n) is 26.3. The van der Waals surface area contributed by atoms with Crippen molar-refractivity contribution in [3.8, 4) is 16.9 Å². The number of alkyl carbamates (subject to hydrolysis) is 1. The first-order chi connectivity index (χ1) is 22.6. The maximum atomic E-state index is 13.4. The molecule has 1 aromatic heterocycles. The van der Waals surface area contributed by atoms with E-state index in [1.807, 2.05) is 42.5 Å². The zero-order chi connectivity index (χ0) is 31.3. The van der Waals surface area contributed by atoms with Crippen LogP contribution in [0.15, 0.2) is 109 Å². The minimum absolute atomic E-state index is 0.378. The number of ether oxygens (including phenoxy) is 2. The van der Waals surface area contributed by atoms with Crippen LogP contribution < -0.4 is 15.0 Å². The van der Waals surface area contributed by atoms with Gasteiger partial charge in [-0.25, -0.2) is 9.78 Å². The molecule has 2 heterocycles. The number of aromatic nitrogens is 1. The minimum Gasteiger partial charge on any atom is -0.497 e. The first-order valence-electron chi connectivity index (χ1n) is 16.3. The van der Waals surface area contributed by atoms with Crippen LogP contribution in [0.4, 0.5) is 10.6 Å². The summed E-state index contributed by atoms with van der Waals surface area (Å²) in [5.74, 6) is 1.84. The Morgan fingerprint density at radius 1 is 0.783 bits per heavy atom. The number of benzene rings is 4. The molecule has 2 aliphatic rings. The molecule has 1 aliphatic heterocycles. The standard InChI is InChI=1S/C39H40N4O3/c1-45-31-19-16-29(17-20-31)28-40-38(44)46-39(34-13-5-3-11-32(34)33-12-4-6-14-35(33)39)22-8-9-23-42-24-26-43(27-25-42)37-21-18-30-10-2-7-15-36(30)41-37/h2-7,10-21H,8-9,22-28H2,1H3,(H,40,44). The highest BCUT2D eigenvalue weighted by molar-refractivity contribution is 5.82. The minimum atomic E-state index is -0.836. The average molecular weight is 613 g/mol. The maximum absolute atomic E-state index is 13.4. The molecule has 1 N–H and O–H groups in total. The number of carbonyl (C=O) groups excluding carboxylic acids is 1. The Bertz CT molecular complexity index is 1770. The summed E-state index contributed by atoms with van der Waals surface area (Å²) in [6, 6.07) is 37.0. The third-order valence-corrected chi connectivity index (χ3v) is 9.41. The molecule has 7 nitrogen and oxygen atoms in total. The van der Waals surface area contributed by atoms with E-state index >= 15 is 0 Å². The number of nitrogens with zero attached hydrogens (tertiary/aromatic N) is 3. The molecule has 1 aliphatic carbocycles. The number of hydrogen-bond acceptors (Lipinski definition) is 6. The topological polar surface area (TPSA) is 66.9 Å². The predicted octanol–water partition coefficient (Wildman–Crippen LogP) is 7.39. The monoisotopic (exact) mass is 612 g/mol. The van der Waals surface area contributed by atoms with Crippen molar-refractivity contribution in [3.63, 3.8) is 0 Å². The van der Waals surface area contributed by atoms with Crippen LogP contribution in [0.5, 0.6) is 5.75 Å². The lowest BCUT2D eigenvalue weighted by Crippen LogP contribution is -2.47. The molecule has 0 unspecified atom stereocenters. The Labute approximate surface area is 270 Å². The van der Waals surface area contributed by atoms with Crippen LogP contribution in [0.3, 0.4) is 0 Å². The number of piperazine rings is 1. The molecule has 7 rings (SSSR count). The Kier molecular flexibility index (Phi) is 8.57. The smallest absolute Gasteiger partial charge is 0.408 e. The van der Waals surface area contributed by atoms with Gasteiger partial charge in [0, 0.05) is 49.2 Å². The van der Waals surface area contributed by atoms with Gasteiger partial charge in [0.2, 0.25) is 0 Å². The number of unbranched alkanes of at least 4 members (excludes halogenated alkanes) is 1. The van der Waals surface area contributed by atoms with Crippen molar-refractivity contribution in [3.05, 3.63) is 126 Å². The highest BCUT2D eigenvalue weighted by atomic mass is 16.6. The number of anilines is 1. The van der Waals surface area contributed by atoms with Gasteiger partial charge < -0.3 is 19.7 Å². The molecule has 1 fully saturated rings. The number of rotatable bonds is 10. The van der Waals surface area contributed by atoms with Crippen LogP contribution in [0, 0.1) is 0 Å². The van der Waals surface area contributed by atoms with E-state index in [1.165, 1.54) is 5.39 Å². The van der Waals surface area contributed by atoms with Crippen LogP contribution in [0.1, 0.15) is 36.0 Å². The van der Waals surface area contributed by atoms with Gasteiger partial charge in [-0.05, 0) is 72.8 Å². The molecule has 1 amide bonds. The summed E-state index contributed by atoms with van der Waals surface area (Å²) in [6.45, 7) is 5.34. The number of methoxy groups -OCH3 is 1. The van der Waals surface area contributed by atoms with Crippen molar-refractivity contribution in [2.24, 2.45) is 0 Å². The molecule has 0 spiro atoms. The van der Waals surface area contributed by atoms with Gasteiger partial charge in [0.15, 0.2) is 5.60 Å². The van der Waals surface area contributed by atoms with Crippen LogP contribution in [-0.4, -0.2) is 55.8 Å². The molecule has 4 aromatic carbocycles. The molecule has 7 heteroatoms. The lowest BCUT2D eigenvalue weighted by atomic mass is 9.86. The Morgan fingerprint density at radius 2 is 1.46 bits per heavy atom. The summed E-state index contributed by atoms with van der Waals surface area (Å²) in [6.07, 6.45) is 2.26. The zero-order valence-corrected chi connectivity index (χ0v) is 26.3. The van der Waals surface area contributed by atoms with Gasteiger partial charge in [0.1, 0.15) is 11.6 Å².